The van der Waals surface area contributed by atoms with Gasteiger partial charge in [0.25, 0.3) is 5.91 Å². The lowest BCUT2D eigenvalue weighted by Gasteiger charge is -2.31. The number of aromatic nitrogens is 1. The smallest absolute Gasteiger partial charge is 0.255 e. The van der Waals surface area contributed by atoms with E-state index in [1.807, 2.05) is 55.6 Å². The van der Waals surface area contributed by atoms with Crippen LogP contribution < -0.4 is 5.32 Å². The fourth-order valence-corrected chi connectivity index (χ4v) is 4.52. The first-order valence-corrected chi connectivity index (χ1v) is 11.0. The second-order valence-electron chi connectivity index (χ2n) is 7.99. The molecule has 2 amide bonds. The normalized spacial score (nSPS) is 16.7. The van der Waals surface area contributed by atoms with Crippen molar-refractivity contribution in [3.8, 4) is 0 Å². The average Bonchev–Trinajstić information content (AvgIpc) is 3.35. The number of H-pyrrole nitrogens is 1. The maximum Gasteiger partial charge on any atom is 0.255 e. The number of likely N-dealkylation sites (N-methyl/N-ethyl adjacent to an activating group) is 1. The molecule has 1 aliphatic rings. The Labute approximate surface area is 183 Å². The minimum atomic E-state index is -0.588. The monoisotopic (exact) mass is 418 g/mol. The topological polar surface area (TPSA) is 68.4 Å². The maximum absolute atomic E-state index is 13.4. The minimum Gasteiger partial charge on any atom is -0.361 e. The summed E-state index contributed by atoms with van der Waals surface area (Å²) < 4.78 is 0. The van der Waals surface area contributed by atoms with Gasteiger partial charge < -0.3 is 20.1 Å². The number of nitrogens with zero attached hydrogens (tertiary/aromatic N) is 2. The van der Waals surface area contributed by atoms with Crippen LogP contribution in [0.2, 0.25) is 0 Å². The molecule has 0 aliphatic carbocycles. The highest BCUT2D eigenvalue weighted by atomic mass is 16.2. The van der Waals surface area contributed by atoms with Crippen molar-refractivity contribution in [3.05, 3.63) is 71.4 Å². The van der Waals surface area contributed by atoms with E-state index in [-0.39, 0.29) is 17.9 Å². The average molecular weight is 419 g/mol. The third-order valence-electron chi connectivity index (χ3n) is 6.33. The Hall–Kier alpha value is -3.12. The van der Waals surface area contributed by atoms with E-state index in [4.69, 9.17) is 0 Å². The summed E-state index contributed by atoms with van der Waals surface area (Å²) in [4.78, 5) is 33.7. The number of benzene rings is 2. The van der Waals surface area contributed by atoms with Gasteiger partial charge in [-0.3, -0.25) is 9.59 Å². The van der Waals surface area contributed by atoms with Crippen LogP contribution in [0.15, 0.2) is 54.7 Å². The van der Waals surface area contributed by atoms with E-state index in [0.29, 0.717) is 12.1 Å². The van der Waals surface area contributed by atoms with Crippen molar-refractivity contribution in [2.45, 2.75) is 32.9 Å². The molecule has 31 heavy (non-hydrogen) atoms. The molecule has 2 N–H and O–H groups in total. The van der Waals surface area contributed by atoms with Crippen LogP contribution in [-0.2, 0) is 4.79 Å². The molecule has 2 heterocycles. The summed E-state index contributed by atoms with van der Waals surface area (Å²) in [6.07, 6.45) is 1.96. The molecule has 0 saturated carbocycles. The van der Waals surface area contributed by atoms with Crippen LogP contribution >= 0.6 is 0 Å². The van der Waals surface area contributed by atoms with Crippen molar-refractivity contribution in [2.75, 3.05) is 26.2 Å². The quantitative estimate of drug-likeness (QED) is 0.588. The standard InChI is InChI=1S/C25H30N4O2/c1-4-28(5-2)15-14-26-24(30)17(3)29-23(19-11-6-7-12-20(19)25(29)31)21-16-27-22-13-9-8-10-18(21)22/h6-13,16-17,23,27H,4-5,14-15H2,1-3H3,(H,26,30)/t17-,23-/m1/s1. The molecule has 4 rings (SSSR count). The Morgan fingerprint density at radius 1 is 1.10 bits per heavy atom. The van der Waals surface area contributed by atoms with Crippen LogP contribution in [0.25, 0.3) is 10.9 Å². The van der Waals surface area contributed by atoms with Gasteiger partial charge in [0.1, 0.15) is 6.04 Å². The molecule has 0 saturated heterocycles. The molecule has 0 unspecified atom stereocenters. The van der Waals surface area contributed by atoms with Gasteiger partial charge in [0.15, 0.2) is 0 Å². The van der Waals surface area contributed by atoms with Crippen LogP contribution in [0.5, 0.6) is 0 Å². The fraction of sp³-hybridized carbons (Fsp3) is 0.360. The lowest BCUT2D eigenvalue weighted by molar-refractivity contribution is -0.125. The van der Waals surface area contributed by atoms with E-state index in [2.05, 4.69) is 35.1 Å². The third-order valence-corrected chi connectivity index (χ3v) is 6.33. The van der Waals surface area contributed by atoms with Crippen molar-refractivity contribution >= 4 is 22.7 Å². The van der Waals surface area contributed by atoms with Crippen molar-refractivity contribution < 1.29 is 9.59 Å². The van der Waals surface area contributed by atoms with E-state index in [0.717, 1.165) is 41.7 Å². The first kappa shape index (κ1) is 21.1. The van der Waals surface area contributed by atoms with Gasteiger partial charge in [0, 0.05) is 41.3 Å². The zero-order chi connectivity index (χ0) is 22.0. The van der Waals surface area contributed by atoms with Gasteiger partial charge in [-0.2, -0.15) is 0 Å². The molecular weight excluding hydrogens is 388 g/mol. The third kappa shape index (κ3) is 3.83. The first-order valence-electron chi connectivity index (χ1n) is 11.0. The van der Waals surface area contributed by atoms with Gasteiger partial charge in [-0.15, -0.1) is 0 Å². The SMILES string of the molecule is CCN(CC)CCNC(=O)[C@@H](C)N1C(=O)c2ccccc2[C@@H]1c1c[nH]c2ccccc12. The number of hydrogen-bond acceptors (Lipinski definition) is 3. The second-order valence-corrected chi connectivity index (χ2v) is 7.99. The predicted molar refractivity (Wildman–Crippen MR) is 123 cm³/mol. The minimum absolute atomic E-state index is 0.0997. The summed E-state index contributed by atoms with van der Waals surface area (Å²) in [5.74, 6) is -0.226. The number of aromatic amines is 1. The number of nitrogens with one attached hydrogen (secondary N) is 2. The highest BCUT2D eigenvalue weighted by Crippen LogP contribution is 2.42. The summed E-state index contributed by atoms with van der Waals surface area (Å²) in [5, 5.41) is 4.09. The Bertz CT molecular complexity index is 1090. The van der Waals surface area contributed by atoms with Gasteiger partial charge in [0.2, 0.25) is 5.91 Å². The van der Waals surface area contributed by atoms with E-state index in [1.165, 1.54) is 0 Å². The highest BCUT2D eigenvalue weighted by Gasteiger charge is 2.42. The van der Waals surface area contributed by atoms with Crippen LogP contribution in [-0.4, -0.2) is 58.8 Å². The summed E-state index contributed by atoms with van der Waals surface area (Å²) in [7, 11) is 0. The molecule has 0 radical (unpaired) electrons. The molecular formula is C25H30N4O2. The van der Waals surface area contributed by atoms with Gasteiger partial charge in [0.05, 0.1) is 6.04 Å². The largest absolute Gasteiger partial charge is 0.361 e. The van der Waals surface area contributed by atoms with Gasteiger partial charge in [-0.1, -0.05) is 50.2 Å². The second kappa shape index (κ2) is 8.94. The summed E-state index contributed by atoms with van der Waals surface area (Å²) in [6.45, 7) is 9.30. The summed E-state index contributed by atoms with van der Waals surface area (Å²) in [6, 6.07) is 14.8. The highest BCUT2D eigenvalue weighted by molar-refractivity contribution is 6.03. The summed E-state index contributed by atoms with van der Waals surface area (Å²) >= 11 is 0. The van der Waals surface area contributed by atoms with Crippen LogP contribution in [0.4, 0.5) is 0 Å². The number of rotatable bonds is 8. The lowest BCUT2D eigenvalue weighted by Crippen LogP contribution is -2.48. The Morgan fingerprint density at radius 2 is 1.81 bits per heavy atom. The number of para-hydroxylation sites is 1. The summed E-state index contributed by atoms with van der Waals surface area (Å²) in [5.41, 5.74) is 3.64. The molecule has 3 aromatic rings. The number of carbonyl (C=O) groups excluding carboxylic acids is 2. The van der Waals surface area contributed by atoms with Crippen molar-refractivity contribution in [1.82, 2.24) is 20.1 Å². The molecule has 6 nitrogen and oxygen atoms in total. The molecule has 2 aromatic carbocycles. The molecule has 0 spiro atoms. The van der Waals surface area contributed by atoms with E-state index in [9.17, 15) is 9.59 Å². The van der Waals surface area contributed by atoms with Crippen molar-refractivity contribution in [2.24, 2.45) is 0 Å². The maximum atomic E-state index is 13.4. The van der Waals surface area contributed by atoms with Gasteiger partial charge in [-0.25, -0.2) is 0 Å². The zero-order valence-corrected chi connectivity index (χ0v) is 18.4. The molecule has 6 heteroatoms. The van der Waals surface area contributed by atoms with Crippen LogP contribution in [0.3, 0.4) is 0 Å². The van der Waals surface area contributed by atoms with Gasteiger partial charge in [-0.05, 0) is 37.7 Å². The van der Waals surface area contributed by atoms with E-state index in [1.54, 1.807) is 4.90 Å². The molecule has 162 valence electrons. The van der Waals surface area contributed by atoms with Crippen molar-refractivity contribution in [1.29, 1.82) is 0 Å². The Balaban J connectivity index is 1.64. The number of amides is 2. The van der Waals surface area contributed by atoms with Crippen molar-refractivity contribution in [3.63, 3.8) is 0 Å². The number of carbonyl (C=O) groups is 2. The number of fused-ring (bicyclic) bond motifs is 2. The number of hydrogen-bond donors (Lipinski definition) is 2. The molecule has 0 bridgehead atoms. The zero-order valence-electron chi connectivity index (χ0n) is 18.4. The lowest BCUT2D eigenvalue weighted by atomic mass is 9.97. The van der Waals surface area contributed by atoms with E-state index >= 15 is 0 Å². The molecule has 1 aliphatic heterocycles. The van der Waals surface area contributed by atoms with Crippen LogP contribution in [0.1, 0.15) is 48.3 Å². The Kier molecular flexibility index (Phi) is 6.09. The fourth-order valence-electron chi connectivity index (χ4n) is 4.52. The molecule has 2 atom stereocenters. The first-order chi connectivity index (χ1) is 15.1. The molecule has 1 aromatic heterocycles. The predicted octanol–water partition coefficient (Wildman–Crippen LogP) is 3.56. The van der Waals surface area contributed by atoms with Gasteiger partial charge >= 0.3 is 0 Å². The van der Waals surface area contributed by atoms with E-state index < -0.39 is 6.04 Å². The Morgan fingerprint density at radius 3 is 2.58 bits per heavy atom. The van der Waals surface area contributed by atoms with Crippen LogP contribution in [0, 0.1) is 0 Å². The molecule has 0 fully saturated rings.